The van der Waals surface area contributed by atoms with E-state index in [0.717, 1.165) is 0 Å². The molecule has 1 aromatic rings. The largest absolute Gasteiger partial charge is 0.478 e. The Morgan fingerprint density at radius 2 is 2.28 bits per heavy atom. The smallest absolute Gasteiger partial charge is 0.336 e. The molecule has 0 spiro atoms. The molecular weight excluding hydrogens is 232 g/mol. The molecule has 2 rings (SSSR count). The summed E-state index contributed by atoms with van der Waals surface area (Å²) in [6.07, 6.45) is 0.438. The predicted octanol–water partition coefficient (Wildman–Crippen LogP) is 1.00. The highest BCUT2D eigenvalue weighted by molar-refractivity contribution is 5.99. The van der Waals surface area contributed by atoms with Gasteiger partial charge in [0.2, 0.25) is 5.91 Å². The average Bonchev–Trinajstić information content (AvgIpc) is 2.70. The fourth-order valence-corrected chi connectivity index (χ4v) is 2.32. The Hall–Kier alpha value is -1.88. The third kappa shape index (κ3) is 2.09. The van der Waals surface area contributed by atoms with Crippen molar-refractivity contribution >= 4 is 17.6 Å². The molecule has 5 heteroatoms. The van der Waals surface area contributed by atoms with Crippen molar-refractivity contribution in [3.05, 3.63) is 29.3 Å². The first-order valence-electron chi connectivity index (χ1n) is 5.88. The van der Waals surface area contributed by atoms with Crippen LogP contribution in [-0.4, -0.2) is 30.1 Å². The maximum absolute atomic E-state index is 11.9. The van der Waals surface area contributed by atoms with Crippen molar-refractivity contribution in [2.24, 2.45) is 11.7 Å². The first kappa shape index (κ1) is 12.6. The summed E-state index contributed by atoms with van der Waals surface area (Å²) < 4.78 is 0. The van der Waals surface area contributed by atoms with Crippen LogP contribution in [0.5, 0.6) is 0 Å². The fourth-order valence-electron chi connectivity index (χ4n) is 2.32. The highest BCUT2D eigenvalue weighted by Gasteiger charge is 2.31. The molecule has 1 saturated heterocycles. The molecule has 1 unspecified atom stereocenters. The summed E-state index contributed by atoms with van der Waals surface area (Å²) in [5, 5.41) is 9.07. The number of amides is 1. The molecule has 1 aliphatic rings. The van der Waals surface area contributed by atoms with E-state index in [1.807, 2.05) is 0 Å². The summed E-state index contributed by atoms with van der Waals surface area (Å²) in [6.45, 7) is 2.76. The van der Waals surface area contributed by atoms with Crippen LogP contribution in [0.25, 0.3) is 0 Å². The minimum Gasteiger partial charge on any atom is -0.478 e. The maximum Gasteiger partial charge on any atom is 0.336 e. The molecule has 96 valence electrons. The second-order valence-electron chi connectivity index (χ2n) is 4.57. The van der Waals surface area contributed by atoms with Crippen LogP contribution in [0.4, 0.5) is 5.69 Å². The van der Waals surface area contributed by atoms with E-state index in [1.54, 1.807) is 30.0 Å². The number of carbonyl (C=O) groups excluding carboxylic acids is 1. The second-order valence-corrected chi connectivity index (χ2v) is 4.57. The molecule has 1 amide bonds. The van der Waals surface area contributed by atoms with Crippen LogP contribution in [0.2, 0.25) is 0 Å². The van der Waals surface area contributed by atoms with E-state index in [-0.39, 0.29) is 17.4 Å². The van der Waals surface area contributed by atoms with E-state index < -0.39 is 5.97 Å². The fraction of sp³-hybridized carbons (Fsp3) is 0.385. The van der Waals surface area contributed by atoms with Crippen molar-refractivity contribution in [3.8, 4) is 0 Å². The number of carboxylic acids is 1. The molecule has 1 fully saturated rings. The Bertz CT molecular complexity index is 499. The molecular formula is C13H16N2O3. The van der Waals surface area contributed by atoms with Crippen molar-refractivity contribution in [1.29, 1.82) is 0 Å². The minimum absolute atomic E-state index is 0.0103. The molecule has 0 saturated carbocycles. The summed E-state index contributed by atoms with van der Waals surface area (Å²) in [5.74, 6) is -0.808. The molecule has 1 atom stereocenters. The van der Waals surface area contributed by atoms with Gasteiger partial charge in [0, 0.05) is 18.7 Å². The van der Waals surface area contributed by atoms with Gasteiger partial charge < -0.3 is 15.7 Å². The van der Waals surface area contributed by atoms with Gasteiger partial charge in [-0.05, 0) is 37.1 Å². The zero-order chi connectivity index (χ0) is 13.3. The van der Waals surface area contributed by atoms with E-state index >= 15 is 0 Å². The maximum atomic E-state index is 11.9. The zero-order valence-corrected chi connectivity index (χ0v) is 10.2. The monoisotopic (exact) mass is 248 g/mol. The summed E-state index contributed by atoms with van der Waals surface area (Å²) in [4.78, 5) is 24.6. The number of hydrogen-bond acceptors (Lipinski definition) is 3. The van der Waals surface area contributed by atoms with E-state index in [4.69, 9.17) is 10.8 Å². The summed E-state index contributed by atoms with van der Waals surface area (Å²) in [7, 11) is 0. The lowest BCUT2D eigenvalue weighted by molar-refractivity contribution is -0.117. The Morgan fingerprint density at radius 3 is 2.83 bits per heavy atom. The molecule has 5 nitrogen and oxygen atoms in total. The minimum atomic E-state index is -0.976. The standard InChI is InChI=1S/C13H16N2O3/c1-8-10(13(17)18)3-2-4-11(8)15-7-9(6-14)5-12(15)16/h2-4,9H,5-7,14H2,1H3,(H,17,18). The molecule has 1 aromatic carbocycles. The number of rotatable bonds is 3. The first-order valence-corrected chi connectivity index (χ1v) is 5.88. The highest BCUT2D eigenvalue weighted by atomic mass is 16.4. The number of carbonyl (C=O) groups is 2. The van der Waals surface area contributed by atoms with Crippen molar-refractivity contribution < 1.29 is 14.7 Å². The summed E-state index contributed by atoms with van der Waals surface area (Å²) >= 11 is 0. The van der Waals surface area contributed by atoms with Gasteiger partial charge in [0.1, 0.15) is 0 Å². The van der Waals surface area contributed by atoms with Crippen LogP contribution in [0.3, 0.4) is 0 Å². The van der Waals surface area contributed by atoms with Crippen molar-refractivity contribution in [1.82, 2.24) is 0 Å². The van der Waals surface area contributed by atoms with Crippen LogP contribution in [0, 0.1) is 12.8 Å². The highest BCUT2D eigenvalue weighted by Crippen LogP contribution is 2.29. The normalized spacial score (nSPS) is 19.3. The topological polar surface area (TPSA) is 83.6 Å². The number of hydrogen-bond donors (Lipinski definition) is 2. The third-order valence-electron chi connectivity index (χ3n) is 3.36. The number of anilines is 1. The number of benzene rings is 1. The number of carboxylic acid groups (broad SMARTS) is 1. The Balaban J connectivity index is 2.37. The van der Waals surface area contributed by atoms with E-state index in [0.29, 0.717) is 30.8 Å². The zero-order valence-electron chi connectivity index (χ0n) is 10.2. The quantitative estimate of drug-likeness (QED) is 0.836. The van der Waals surface area contributed by atoms with Crippen molar-refractivity contribution in [3.63, 3.8) is 0 Å². The van der Waals surface area contributed by atoms with Gasteiger partial charge in [-0.15, -0.1) is 0 Å². The molecule has 18 heavy (non-hydrogen) atoms. The van der Waals surface area contributed by atoms with Gasteiger partial charge in [0.25, 0.3) is 0 Å². The van der Waals surface area contributed by atoms with Crippen molar-refractivity contribution in [2.75, 3.05) is 18.0 Å². The number of aromatic carboxylic acids is 1. The lowest BCUT2D eigenvalue weighted by Gasteiger charge is -2.20. The Kier molecular flexibility index (Phi) is 3.34. The lowest BCUT2D eigenvalue weighted by Crippen LogP contribution is -2.27. The SMILES string of the molecule is Cc1c(C(=O)O)cccc1N1CC(CN)CC1=O. The number of nitrogens with zero attached hydrogens (tertiary/aromatic N) is 1. The molecule has 0 radical (unpaired) electrons. The molecule has 1 aliphatic heterocycles. The van der Waals surface area contributed by atoms with Crippen LogP contribution in [0.15, 0.2) is 18.2 Å². The lowest BCUT2D eigenvalue weighted by atomic mass is 10.1. The van der Waals surface area contributed by atoms with Gasteiger partial charge >= 0.3 is 5.97 Å². The summed E-state index contributed by atoms with van der Waals surface area (Å²) in [5.41, 5.74) is 7.11. The molecule has 0 aromatic heterocycles. The predicted molar refractivity (Wildman–Crippen MR) is 67.7 cm³/mol. The first-order chi connectivity index (χ1) is 8.54. The Labute approximate surface area is 105 Å². The summed E-state index contributed by atoms with van der Waals surface area (Å²) in [6, 6.07) is 4.98. The average molecular weight is 248 g/mol. The van der Waals surface area contributed by atoms with Crippen molar-refractivity contribution in [2.45, 2.75) is 13.3 Å². The van der Waals surface area contributed by atoms with Gasteiger partial charge in [-0.1, -0.05) is 6.07 Å². The molecule has 3 N–H and O–H groups in total. The van der Waals surface area contributed by atoms with E-state index in [1.165, 1.54) is 0 Å². The van der Waals surface area contributed by atoms with Crippen LogP contribution in [-0.2, 0) is 4.79 Å². The van der Waals surface area contributed by atoms with Gasteiger partial charge in [-0.2, -0.15) is 0 Å². The van der Waals surface area contributed by atoms with Crippen LogP contribution < -0.4 is 10.6 Å². The van der Waals surface area contributed by atoms with E-state index in [9.17, 15) is 9.59 Å². The van der Waals surface area contributed by atoms with Gasteiger partial charge in [0.05, 0.1) is 5.56 Å². The Morgan fingerprint density at radius 1 is 1.56 bits per heavy atom. The number of nitrogens with two attached hydrogens (primary N) is 1. The second kappa shape index (κ2) is 4.78. The molecule has 0 aliphatic carbocycles. The van der Waals surface area contributed by atoms with Crippen LogP contribution in [0.1, 0.15) is 22.3 Å². The van der Waals surface area contributed by atoms with Gasteiger partial charge in [-0.3, -0.25) is 4.79 Å². The third-order valence-corrected chi connectivity index (χ3v) is 3.36. The van der Waals surface area contributed by atoms with E-state index in [2.05, 4.69) is 0 Å². The molecule has 0 bridgehead atoms. The molecule has 1 heterocycles. The van der Waals surface area contributed by atoms with Crippen LogP contribution >= 0.6 is 0 Å². The van der Waals surface area contributed by atoms with Gasteiger partial charge in [0.15, 0.2) is 0 Å². The van der Waals surface area contributed by atoms with Gasteiger partial charge in [-0.25, -0.2) is 4.79 Å².